The van der Waals surface area contributed by atoms with Gasteiger partial charge in [0.2, 0.25) is 0 Å². The first kappa shape index (κ1) is 16.1. The van der Waals surface area contributed by atoms with Crippen molar-refractivity contribution >= 4 is 17.7 Å². The van der Waals surface area contributed by atoms with Crippen molar-refractivity contribution in [1.82, 2.24) is 5.32 Å². The van der Waals surface area contributed by atoms with Gasteiger partial charge >= 0.3 is 5.97 Å². The van der Waals surface area contributed by atoms with Gasteiger partial charge < -0.3 is 10.1 Å². The predicted octanol–water partition coefficient (Wildman–Crippen LogP) is 2.84. The van der Waals surface area contributed by atoms with E-state index in [9.17, 15) is 4.79 Å². The molecule has 0 spiro atoms. The van der Waals surface area contributed by atoms with E-state index >= 15 is 0 Å². The molecule has 0 bridgehead atoms. The Balaban J connectivity index is 2.61. The first-order valence-electron chi connectivity index (χ1n) is 6.37. The summed E-state index contributed by atoms with van der Waals surface area (Å²) < 4.78 is 4.74. The fourth-order valence-electron chi connectivity index (χ4n) is 1.64. The van der Waals surface area contributed by atoms with Crippen LogP contribution in [0.15, 0.2) is 29.2 Å². The second-order valence-electron chi connectivity index (χ2n) is 5.45. The summed E-state index contributed by atoms with van der Waals surface area (Å²) in [5.74, 6) is 0.444. The third kappa shape index (κ3) is 4.88. The van der Waals surface area contributed by atoms with Gasteiger partial charge in [0.15, 0.2) is 0 Å². The molecular weight excluding hydrogens is 258 g/mol. The van der Waals surface area contributed by atoms with Crippen LogP contribution < -0.4 is 5.32 Å². The molecule has 0 aliphatic carbocycles. The van der Waals surface area contributed by atoms with Crippen molar-refractivity contribution in [2.75, 3.05) is 19.9 Å². The summed E-state index contributed by atoms with van der Waals surface area (Å²) in [7, 11) is 3.18. The summed E-state index contributed by atoms with van der Waals surface area (Å²) in [6, 6.07) is 8.24. The quantitative estimate of drug-likeness (QED) is 0.665. The maximum Gasteiger partial charge on any atom is 0.323 e. The van der Waals surface area contributed by atoms with Gasteiger partial charge in [-0.3, -0.25) is 4.79 Å². The molecule has 0 heterocycles. The van der Waals surface area contributed by atoms with Gasteiger partial charge in [-0.1, -0.05) is 32.9 Å². The average Bonchev–Trinajstić information content (AvgIpc) is 2.38. The number of benzene rings is 1. The molecule has 1 atom stereocenters. The number of hydrogen-bond donors (Lipinski definition) is 1. The van der Waals surface area contributed by atoms with Gasteiger partial charge in [0.05, 0.1) is 7.11 Å². The van der Waals surface area contributed by atoms with Crippen LogP contribution >= 0.6 is 11.8 Å². The lowest BCUT2D eigenvalue weighted by molar-refractivity contribution is -0.142. The van der Waals surface area contributed by atoms with E-state index < -0.39 is 0 Å². The maximum atomic E-state index is 11.5. The van der Waals surface area contributed by atoms with Crippen molar-refractivity contribution in [2.24, 2.45) is 0 Å². The van der Waals surface area contributed by atoms with Crippen LogP contribution in [0.4, 0.5) is 0 Å². The molecule has 1 N–H and O–H groups in total. The molecule has 106 valence electrons. The molecule has 0 aromatic heterocycles. The van der Waals surface area contributed by atoms with Crippen LogP contribution in [-0.4, -0.2) is 31.9 Å². The average molecular weight is 281 g/mol. The minimum absolute atomic E-state index is 0.169. The zero-order valence-corrected chi connectivity index (χ0v) is 13.1. The van der Waals surface area contributed by atoms with Gasteiger partial charge in [-0.15, -0.1) is 11.8 Å². The van der Waals surface area contributed by atoms with Crippen molar-refractivity contribution in [2.45, 2.75) is 37.1 Å². The number of rotatable bonds is 5. The third-order valence-electron chi connectivity index (χ3n) is 2.97. The Morgan fingerprint density at radius 2 is 1.89 bits per heavy atom. The normalized spacial score (nSPS) is 13.1. The Morgan fingerprint density at radius 1 is 1.32 bits per heavy atom. The Kier molecular flexibility index (Phi) is 5.88. The van der Waals surface area contributed by atoms with Gasteiger partial charge in [-0.2, -0.15) is 0 Å². The highest BCUT2D eigenvalue weighted by molar-refractivity contribution is 7.99. The van der Waals surface area contributed by atoms with E-state index in [4.69, 9.17) is 4.74 Å². The monoisotopic (exact) mass is 281 g/mol. The lowest BCUT2D eigenvalue weighted by Gasteiger charge is -2.19. The number of carbonyl (C=O) groups is 1. The van der Waals surface area contributed by atoms with Crippen molar-refractivity contribution in [1.29, 1.82) is 0 Å². The number of thioether (sulfide) groups is 1. The van der Waals surface area contributed by atoms with Gasteiger partial charge in [0, 0.05) is 10.6 Å². The van der Waals surface area contributed by atoms with E-state index in [1.54, 1.807) is 18.8 Å². The van der Waals surface area contributed by atoms with Crippen LogP contribution in [0.3, 0.4) is 0 Å². The van der Waals surface area contributed by atoms with Crippen LogP contribution in [0.25, 0.3) is 0 Å². The van der Waals surface area contributed by atoms with Crippen molar-refractivity contribution in [3.05, 3.63) is 29.8 Å². The predicted molar refractivity (Wildman–Crippen MR) is 80.7 cm³/mol. The minimum Gasteiger partial charge on any atom is -0.468 e. The fraction of sp³-hybridized carbons (Fsp3) is 0.533. The molecule has 1 rings (SSSR count). The van der Waals surface area contributed by atoms with Crippen molar-refractivity contribution in [3.8, 4) is 0 Å². The number of carbonyl (C=O) groups excluding carboxylic acids is 1. The summed E-state index contributed by atoms with van der Waals surface area (Å²) in [5.41, 5.74) is 1.48. The Bertz CT molecular complexity index is 409. The molecule has 0 radical (unpaired) electrons. The number of esters is 1. The second-order valence-corrected chi connectivity index (χ2v) is 6.54. The Labute approximate surface area is 120 Å². The molecular formula is C15H23NO2S. The summed E-state index contributed by atoms with van der Waals surface area (Å²) in [5, 5.41) is 2.96. The summed E-state index contributed by atoms with van der Waals surface area (Å²) >= 11 is 1.65. The third-order valence-corrected chi connectivity index (χ3v) is 4.08. The lowest BCUT2D eigenvalue weighted by Crippen LogP contribution is -2.37. The molecule has 0 aliphatic rings. The first-order chi connectivity index (χ1) is 8.88. The molecule has 0 amide bonds. The standard InChI is InChI=1S/C15H23NO2S/c1-15(2,3)11-6-8-12(9-7-11)19-10-13(16-4)14(17)18-5/h6-9,13,16H,10H2,1-5H3. The van der Waals surface area contributed by atoms with Crippen LogP contribution in [0, 0.1) is 0 Å². The van der Waals surface area contributed by atoms with E-state index in [-0.39, 0.29) is 17.4 Å². The van der Waals surface area contributed by atoms with Gasteiger partial charge in [-0.25, -0.2) is 0 Å². The van der Waals surface area contributed by atoms with Gasteiger partial charge in [0.25, 0.3) is 0 Å². The number of nitrogens with one attached hydrogen (secondary N) is 1. The van der Waals surface area contributed by atoms with Crippen LogP contribution in [0.1, 0.15) is 26.3 Å². The largest absolute Gasteiger partial charge is 0.468 e. The van der Waals surface area contributed by atoms with Crippen molar-refractivity contribution in [3.63, 3.8) is 0 Å². The maximum absolute atomic E-state index is 11.5. The lowest BCUT2D eigenvalue weighted by atomic mass is 9.87. The van der Waals surface area contributed by atoms with E-state index in [0.29, 0.717) is 5.75 Å². The van der Waals surface area contributed by atoms with Crippen LogP contribution in [-0.2, 0) is 14.9 Å². The van der Waals surface area contributed by atoms with Crippen LogP contribution in [0.2, 0.25) is 0 Å². The summed E-state index contributed by atoms with van der Waals surface area (Å²) in [6.07, 6.45) is 0. The van der Waals surface area contributed by atoms with Crippen LogP contribution in [0.5, 0.6) is 0 Å². The highest BCUT2D eigenvalue weighted by Gasteiger charge is 2.17. The zero-order valence-electron chi connectivity index (χ0n) is 12.3. The highest BCUT2D eigenvalue weighted by atomic mass is 32.2. The van der Waals surface area contributed by atoms with Gasteiger partial charge in [-0.05, 0) is 30.2 Å². The molecule has 0 aliphatic heterocycles. The molecule has 1 aromatic rings. The molecule has 0 fully saturated rings. The van der Waals surface area contributed by atoms with E-state index in [0.717, 1.165) is 4.90 Å². The SMILES string of the molecule is CNC(CSc1ccc(C(C)(C)C)cc1)C(=O)OC. The number of likely N-dealkylation sites (N-methyl/N-ethyl adjacent to an activating group) is 1. The Morgan fingerprint density at radius 3 is 2.32 bits per heavy atom. The van der Waals surface area contributed by atoms with E-state index in [1.807, 2.05) is 0 Å². The van der Waals surface area contributed by atoms with Gasteiger partial charge in [0.1, 0.15) is 6.04 Å². The Hall–Kier alpha value is -1.00. The zero-order chi connectivity index (χ0) is 14.5. The molecule has 1 unspecified atom stereocenters. The minimum atomic E-state index is -0.266. The first-order valence-corrected chi connectivity index (χ1v) is 7.35. The highest BCUT2D eigenvalue weighted by Crippen LogP contribution is 2.25. The molecule has 0 saturated heterocycles. The van der Waals surface area contributed by atoms with E-state index in [1.165, 1.54) is 12.7 Å². The second kappa shape index (κ2) is 6.96. The molecule has 19 heavy (non-hydrogen) atoms. The summed E-state index contributed by atoms with van der Waals surface area (Å²) in [4.78, 5) is 12.6. The van der Waals surface area contributed by atoms with E-state index in [2.05, 4.69) is 50.4 Å². The number of hydrogen-bond acceptors (Lipinski definition) is 4. The molecule has 1 aromatic carbocycles. The topological polar surface area (TPSA) is 38.3 Å². The smallest absolute Gasteiger partial charge is 0.323 e. The molecule has 0 saturated carbocycles. The fourth-order valence-corrected chi connectivity index (χ4v) is 2.63. The number of methoxy groups -OCH3 is 1. The molecule has 4 heteroatoms. The molecule has 3 nitrogen and oxygen atoms in total. The van der Waals surface area contributed by atoms with Crippen molar-refractivity contribution < 1.29 is 9.53 Å². The number of ether oxygens (including phenoxy) is 1. The summed E-state index contributed by atoms with van der Waals surface area (Å²) in [6.45, 7) is 6.59.